The normalized spacial score (nSPS) is 12.4. The van der Waals surface area contributed by atoms with Crippen LogP contribution in [0.5, 0.6) is 0 Å². The molecule has 0 saturated carbocycles. The smallest absolute Gasteiger partial charge is 0.243 e. The number of nitrogens with two attached hydrogens (primary N) is 1. The van der Waals surface area contributed by atoms with E-state index in [1.165, 1.54) is 5.56 Å². The number of aromatic nitrogens is 2. The van der Waals surface area contributed by atoms with Crippen molar-refractivity contribution in [3.8, 4) is 10.7 Å². The Morgan fingerprint density at radius 2 is 2.00 bits per heavy atom. The molecule has 4 nitrogen and oxygen atoms in total. The van der Waals surface area contributed by atoms with Crippen molar-refractivity contribution in [3.63, 3.8) is 0 Å². The van der Waals surface area contributed by atoms with Crippen LogP contribution in [0.4, 0.5) is 0 Å². The molecule has 0 aliphatic carbocycles. The van der Waals surface area contributed by atoms with E-state index in [9.17, 15) is 0 Å². The molecule has 5 heteroatoms. The fraction of sp³-hybridized carbons (Fsp3) is 0.200. The number of nitrogens with zero attached hydrogens (tertiary/aromatic N) is 2. The molecule has 3 rings (SSSR count). The Bertz CT molecular complexity index is 649. The van der Waals surface area contributed by atoms with Crippen LogP contribution in [0.3, 0.4) is 0 Å². The molecule has 1 atom stereocenters. The highest BCUT2D eigenvalue weighted by Gasteiger charge is 2.16. The van der Waals surface area contributed by atoms with Crippen LogP contribution >= 0.6 is 11.3 Å². The summed E-state index contributed by atoms with van der Waals surface area (Å²) in [6, 6.07) is 14.0. The Morgan fingerprint density at radius 3 is 2.75 bits per heavy atom. The predicted octanol–water partition coefficient (Wildman–Crippen LogP) is 3.43. The molecule has 0 saturated heterocycles. The summed E-state index contributed by atoms with van der Waals surface area (Å²) in [5.41, 5.74) is 7.38. The van der Waals surface area contributed by atoms with Gasteiger partial charge in [-0.2, -0.15) is 4.98 Å². The Kier molecular flexibility index (Phi) is 3.90. The summed E-state index contributed by atoms with van der Waals surface area (Å²) in [5.74, 6) is 1.12. The van der Waals surface area contributed by atoms with E-state index in [-0.39, 0.29) is 6.04 Å². The molecule has 1 aromatic carbocycles. The third-order valence-corrected chi connectivity index (χ3v) is 3.95. The topological polar surface area (TPSA) is 64.9 Å². The molecule has 0 bridgehead atoms. The molecule has 0 unspecified atom stereocenters. The highest BCUT2D eigenvalue weighted by Crippen LogP contribution is 2.23. The second-order valence-electron chi connectivity index (χ2n) is 4.56. The van der Waals surface area contributed by atoms with Crippen LogP contribution in [0, 0.1) is 0 Å². The molecular weight excluding hydrogens is 270 g/mol. The van der Waals surface area contributed by atoms with Crippen molar-refractivity contribution in [3.05, 3.63) is 59.3 Å². The second kappa shape index (κ2) is 5.98. The Balaban J connectivity index is 1.64. The van der Waals surface area contributed by atoms with E-state index >= 15 is 0 Å². The number of aryl methyl sites for hydroxylation is 1. The Hall–Kier alpha value is -1.98. The third-order valence-electron chi connectivity index (χ3n) is 3.09. The molecule has 20 heavy (non-hydrogen) atoms. The summed E-state index contributed by atoms with van der Waals surface area (Å²) in [4.78, 5) is 5.37. The fourth-order valence-corrected chi connectivity index (χ4v) is 2.63. The van der Waals surface area contributed by atoms with Gasteiger partial charge in [-0.3, -0.25) is 0 Å². The summed E-state index contributed by atoms with van der Waals surface area (Å²) in [6.07, 6.45) is 1.69. The van der Waals surface area contributed by atoms with E-state index in [4.69, 9.17) is 10.3 Å². The van der Waals surface area contributed by atoms with Gasteiger partial charge in [0.1, 0.15) is 0 Å². The average Bonchev–Trinajstić information content (AvgIpc) is 3.16. The molecular formula is C15H15N3OS. The van der Waals surface area contributed by atoms with Crippen LogP contribution in [0.1, 0.15) is 23.9 Å². The lowest BCUT2D eigenvalue weighted by atomic mass is 10.1. The third kappa shape index (κ3) is 2.95. The fourth-order valence-electron chi connectivity index (χ4n) is 1.98. The molecule has 0 aliphatic heterocycles. The zero-order chi connectivity index (χ0) is 13.8. The molecule has 2 N–H and O–H groups in total. The van der Waals surface area contributed by atoms with Gasteiger partial charge < -0.3 is 10.3 Å². The summed E-state index contributed by atoms with van der Waals surface area (Å²) in [5, 5.41) is 5.97. The molecule has 0 radical (unpaired) electrons. The standard InChI is InChI=1S/C15H15N3OS/c16-12(9-8-11-5-2-1-3-6-11)15-17-14(18-19-15)13-7-4-10-20-13/h1-7,10,12H,8-9,16H2/t12-/m0/s1. The minimum absolute atomic E-state index is 0.226. The maximum atomic E-state index is 6.12. The van der Waals surface area contributed by atoms with Crippen LogP contribution in [-0.4, -0.2) is 10.1 Å². The van der Waals surface area contributed by atoms with Gasteiger partial charge in [-0.05, 0) is 29.9 Å². The SMILES string of the molecule is N[C@@H](CCc1ccccc1)c1nc(-c2cccs2)no1. The molecule has 102 valence electrons. The summed E-state index contributed by atoms with van der Waals surface area (Å²) in [7, 11) is 0. The van der Waals surface area contributed by atoms with Crippen molar-refractivity contribution < 1.29 is 4.52 Å². The maximum Gasteiger partial charge on any atom is 0.243 e. The van der Waals surface area contributed by atoms with Gasteiger partial charge in [-0.1, -0.05) is 41.6 Å². The Labute approximate surface area is 121 Å². The molecule has 0 amide bonds. The quantitative estimate of drug-likeness (QED) is 0.780. The van der Waals surface area contributed by atoms with Gasteiger partial charge in [0.2, 0.25) is 11.7 Å². The van der Waals surface area contributed by atoms with Crippen molar-refractivity contribution in [1.82, 2.24) is 10.1 Å². The first-order valence-electron chi connectivity index (χ1n) is 6.50. The van der Waals surface area contributed by atoms with Gasteiger partial charge in [0.15, 0.2) is 0 Å². The first kappa shape index (κ1) is 13.0. The molecule has 0 spiro atoms. The van der Waals surface area contributed by atoms with E-state index in [0.29, 0.717) is 11.7 Å². The minimum Gasteiger partial charge on any atom is -0.337 e. The van der Waals surface area contributed by atoms with Crippen molar-refractivity contribution in [2.75, 3.05) is 0 Å². The highest BCUT2D eigenvalue weighted by atomic mass is 32.1. The predicted molar refractivity (Wildman–Crippen MR) is 79.3 cm³/mol. The maximum absolute atomic E-state index is 6.12. The minimum atomic E-state index is -0.226. The van der Waals surface area contributed by atoms with Crippen LogP contribution in [0.2, 0.25) is 0 Å². The number of rotatable bonds is 5. The van der Waals surface area contributed by atoms with Crippen molar-refractivity contribution in [2.45, 2.75) is 18.9 Å². The lowest BCUT2D eigenvalue weighted by molar-refractivity contribution is 0.349. The monoisotopic (exact) mass is 285 g/mol. The van der Waals surface area contributed by atoms with Gasteiger partial charge in [-0.25, -0.2) is 0 Å². The van der Waals surface area contributed by atoms with Crippen LogP contribution < -0.4 is 5.73 Å². The van der Waals surface area contributed by atoms with Crippen LogP contribution in [0.15, 0.2) is 52.4 Å². The largest absolute Gasteiger partial charge is 0.337 e. The Morgan fingerprint density at radius 1 is 1.15 bits per heavy atom. The molecule has 2 heterocycles. The summed E-state index contributed by atoms with van der Waals surface area (Å²) in [6.45, 7) is 0. The lowest BCUT2D eigenvalue weighted by Gasteiger charge is -2.06. The number of thiophene rings is 1. The van der Waals surface area contributed by atoms with Crippen molar-refractivity contribution in [1.29, 1.82) is 0 Å². The van der Waals surface area contributed by atoms with Gasteiger partial charge in [0, 0.05) is 0 Å². The van der Waals surface area contributed by atoms with Gasteiger partial charge in [0.05, 0.1) is 10.9 Å². The zero-order valence-electron chi connectivity index (χ0n) is 10.9. The summed E-state index contributed by atoms with van der Waals surface area (Å²) >= 11 is 1.59. The van der Waals surface area contributed by atoms with Crippen LogP contribution in [0.25, 0.3) is 10.7 Å². The van der Waals surface area contributed by atoms with Gasteiger partial charge >= 0.3 is 0 Å². The lowest BCUT2D eigenvalue weighted by Crippen LogP contribution is -2.11. The molecule has 0 fully saturated rings. The number of hydrogen-bond acceptors (Lipinski definition) is 5. The molecule has 3 aromatic rings. The van der Waals surface area contributed by atoms with E-state index in [2.05, 4.69) is 22.3 Å². The van der Waals surface area contributed by atoms with Crippen molar-refractivity contribution >= 4 is 11.3 Å². The van der Waals surface area contributed by atoms with Gasteiger partial charge in [-0.15, -0.1) is 11.3 Å². The van der Waals surface area contributed by atoms with Crippen molar-refractivity contribution in [2.24, 2.45) is 5.73 Å². The molecule has 0 aliphatic rings. The highest BCUT2D eigenvalue weighted by molar-refractivity contribution is 7.13. The first-order valence-corrected chi connectivity index (χ1v) is 7.38. The van der Waals surface area contributed by atoms with Crippen LogP contribution in [-0.2, 0) is 6.42 Å². The second-order valence-corrected chi connectivity index (χ2v) is 5.51. The van der Waals surface area contributed by atoms with E-state index in [0.717, 1.165) is 17.7 Å². The van der Waals surface area contributed by atoms with Gasteiger partial charge in [0.25, 0.3) is 0 Å². The molecule has 2 aromatic heterocycles. The number of benzene rings is 1. The summed E-state index contributed by atoms with van der Waals surface area (Å²) < 4.78 is 5.26. The van der Waals surface area contributed by atoms with E-state index in [1.807, 2.05) is 35.7 Å². The zero-order valence-corrected chi connectivity index (χ0v) is 11.7. The average molecular weight is 285 g/mol. The first-order chi connectivity index (χ1) is 9.83. The number of hydrogen-bond donors (Lipinski definition) is 1. The van der Waals surface area contributed by atoms with E-state index in [1.54, 1.807) is 11.3 Å². The van der Waals surface area contributed by atoms with E-state index < -0.39 is 0 Å².